The topological polar surface area (TPSA) is 49.6 Å². The average molecular weight is 298 g/mol. The standard InChI is InChI=1S/C12H16BrN3O/c1-15-4-6-16(7-5-15)12(17)10-3-2-9(13)8-11(10)14/h2-3,8H,4-7,14H2,1H3. The van der Waals surface area contributed by atoms with Gasteiger partial charge in [-0.2, -0.15) is 0 Å². The molecular weight excluding hydrogens is 282 g/mol. The molecule has 1 heterocycles. The summed E-state index contributed by atoms with van der Waals surface area (Å²) < 4.78 is 0.893. The zero-order chi connectivity index (χ0) is 12.4. The van der Waals surface area contributed by atoms with E-state index < -0.39 is 0 Å². The van der Waals surface area contributed by atoms with Crippen molar-refractivity contribution in [2.75, 3.05) is 39.0 Å². The molecule has 0 saturated carbocycles. The molecule has 0 unspecified atom stereocenters. The minimum absolute atomic E-state index is 0.0306. The van der Waals surface area contributed by atoms with Gasteiger partial charge in [0.25, 0.3) is 5.91 Å². The molecule has 1 saturated heterocycles. The van der Waals surface area contributed by atoms with E-state index in [-0.39, 0.29) is 5.91 Å². The van der Waals surface area contributed by atoms with Gasteiger partial charge in [0.1, 0.15) is 0 Å². The van der Waals surface area contributed by atoms with E-state index in [4.69, 9.17) is 5.73 Å². The molecule has 1 aromatic carbocycles. The maximum atomic E-state index is 12.3. The number of anilines is 1. The van der Waals surface area contributed by atoms with Crippen LogP contribution in [0.4, 0.5) is 5.69 Å². The van der Waals surface area contributed by atoms with Crippen LogP contribution in [0.3, 0.4) is 0 Å². The maximum Gasteiger partial charge on any atom is 0.256 e. The molecule has 5 heteroatoms. The van der Waals surface area contributed by atoms with Crippen molar-refractivity contribution < 1.29 is 4.79 Å². The molecule has 0 aromatic heterocycles. The summed E-state index contributed by atoms with van der Waals surface area (Å²) in [5, 5.41) is 0. The van der Waals surface area contributed by atoms with Crippen LogP contribution in [-0.2, 0) is 0 Å². The van der Waals surface area contributed by atoms with Gasteiger partial charge in [-0.05, 0) is 25.2 Å². The van der Waals surface area contributed by atoms with Crippen LogP contribution in [0, 0.1) is 0 Å². The molecule has 0 radical (unpaired) electrons. The van der Waals surface area contributed by atoms with Gasteiger partial charge >= 0.3 is 0 Å². The lowest BCUT2D eigenvalue weighted by Crippen LogP contribution is -2.47. The second-order valence-corrected chi connectivity index (χ2v) is 5.24. The molecule has 1 aliphatic heterocycles. The molecule has 4 nitrogen and oxygen atoms in total. The summed E-state index contributed by atoms with van der Waals surface area (Å²) in [5.41, 5.74) is 6.99. The fourth-order valence-corrected chi connectivity index (χ4v) is 2.29. The molecule has 0 bridgehead atoms. The monoisotopic (exact) mass is 297 g/mol. The van der Waals surface area contributed by atoms with Crippen molar-refractivity contribution in [2.45, 2.75) is 0 Å². The Kier molecular flexibility index (Phi) is 3.69. The lowest BCUT2D eigenvalue weighted by molar-refractivity contribution is 0.0665. The quantitative estimate of drug-likeness (QED) is 0.798. The third-order valence-electron chi connectivity index (χ3n) is 3.03. The number of rotatable bonds is 1. The zero-order valence-corrected chi connectivity index (χ0v) is 11.4. The van der Waals surface area contributed by atoms with Crippen LogP contribution < -0.4 is 5.73 Å². The van der Waals surface area contributed by atoms with Crippen LogP contribution >= 0.6 is 15.9 Å². The number of likely N-dealkylation sites (N-methyl/N-ethyl adjacent to an activating group) is 1. The first-order valence-corrected chi connectivity index (χ1v) is 6.40. The van der Waals surface area contributed by atoms with Crippen LogP contribution in [0.15, 0.2) is 22.7 Å². The minimum Gasteiger partial charge on any atom is -0.398 e. The van der Waals surface area contributed by atoms with Crippen molar-refractivity contribution in [2.24, 2.45) is 0 Å². The van der Waals surface area contributed by atoms with E-state index in [1.165, 1.54) is 0 Å². The SMILES string of the molecule is CN1CCN(C(=O)c2ccc(Br)cc2N)CC1. The predicted molar refractivity (Wildman–Crippen MR) is 72.0 cm³/mol. The van der Waals surface area contributed by atoms with Crippen LogP contribution in [0.2, 0.25) is 0 Å². The number of nitrogens with zero attached hydrogens (tertiary/aromatic N) is 2. The number of carbonyl (C=O) groups excluding carboxylic acids is 1. The molecule has 2 N–H and O–H groups in total. The number of nitrogen functional groups attached to an aromatic ring is 1. The highest BCUT2D eigenvalue weighted by atomic mass is 79.9. The third-order valence-corrected chi connectivity index (χ3v) is 3.53. The molecule has 1 aromatic rings. The lowest BCUT2D eigenvalue weighted by atomic mass is 10.1. The Labute approximate surface area is 110 Å². The van der Waals surface area contributed by atoms with Gasteiger partial charge in [-0.15, -0.1) is 0 Å². The Morgan fingerprint density at radius 3 is 2.53 bits per heavy atom. The van der Waals surface area contributed by atoms with Gasteiger partial charge in [-0.25, -0.2) is 0 Å². The number of carbonyl (C=O) groups is 1. The average Bonchev–Trinajstić information content (AvgIpc) is 2.29. The molecule has 2 rings (SSSR count). The van der Waals surface area contributed by atoms with Gasteiger partial charge < -0.3 is 15.5 Å². The zero-order valence-electron chi connectivity index (χ0n) is 9.82. The summed E-state index contributed by atoms with van der Waals surface area (Å²) in [6, 6.07) is 5.39. The molecule has 0 atom stereocenters. The normalized spacial score (nSPS) is 17.2. The van der Waals surface area contributed by atoms with Crippen LogP contribution in [0.25, 0.3) is 0 Å². The number of amides is 1. The van der Waals surface area contributed by atoms with E-state index in [0.29, 0.717) is 11.3 Å². The van der Waals surface area contributed by atoms with Crippen molar-refractivity contribution in [3.63, 3.8) is 0 Å². The Hall–Kier alpha value is -1.07. The fraction of sp³-hybridized carbons (Fsp3) is 0.417. The highest BCUT2D eigenvalue weighted by molar-refractivity contribution is 9.10. The van der Waals surface area contributed by atoms with Gasteiger partial charge in [0, 0.05) is 36.3 Å². The second-order valence-electron chi connectivity index (χ2n) is 4.33. The Balaban J connectivity index is 2.14. The van der Waals surface area contributed by atoms with Crippen molar-refractivity contribution in [1.29, 1.82) is 0 Å². The first-order chi connectivity index (χ1) is 8.08. The fourth-order valence-electron chi connectivity index (χ4n) is 1.91. The Bertz CT molecular complexity index is 428. The van der Waals surface area contributed by atoms with Crippen molar-refractivity contribution in [3.05, 3.63) is 28.2 Å². The number of halogens is 1. The summed E-state index contributed by atoms with van der Waals surface area (Å²) >= 11 is 3.34. The summed E-state index contributed by atoms with van der Waals surface area (Å²) in [7, 11) is 2.07. The van der Waals surface area contributed by atoms with Crippen molar-refractivity contribution >= 4 is 27.5 Å². The lowest BCUT2D eigenvalue weighted by Gasteiger charge is -2.32. The summed E-state index contributed by atoms with van der Waals surface area (Å²) in [6.07, 6.45) is 0. The van der Waals surface area contributed by atoms with E-state index in [1.54, 1.807) is 12.1 Å². The van der Waals surface area contributed by atoms with Gasteiger partial charge in [0.05, 0.1) is 5.56 Å². The number of benzene rings is 1. The molecule has 1 fully saturated rings. The van der Waals surface area contributed by atoms with E-state index in [2.05, 4.69) is 27.9 Å². The van der Waals surface area contributed by atoms with Crippen molar-refractivity contribution in [1.82, 2.24) is 9.80 Å². The first-order valence-electron chi connectivity index (χ1n) is 5.61. The minimum atomic E-state index is 0.0306. The van der Waals surface area contributed by atoms with E-state index >= 15 is 0 Å². The molecule has 0 spiro atoms. The van der Waals surface area contributed by atoms with E-state index in [9.17, 15) is 4.79 Å². The molecule has 0 aliphatic carbocycles. The van der Waals surface area contributed by atoms with E-state index in [1.807, 2.05) is 11.0 Å². The van der Waals surface area contributed by atoms with Gasteiger partial charge in [-0.1, -0.05) is 15.9 Å². The third kappa shape index (κ3) is 2.79. The smallest absolute Gasteiger partial charge is 0.256 e. The van der Waals surface area contributed by atoms with Crippen molar-refractivity contribution in [3.8, 4) is 0 Å². The number of piperazine rings is 1. The highest BCUT2D eigenvalue weighted by Gasteiger charge is 2.21. The van der Waals surface area contributed by atoms with Crippen LogP contribution in [0.1, 0.15) is 10.4 Å². The summed E-state index contributed by atoms with van der Waals surface area (Å²) in [5.74, 6) is 0.0306. The maximum absolute atomic E-state index is 12.3. The molecule has 1 amide bonds. The molecular formula is C12H16BrN3O. The van der Waals surface area contributed by atoms with Gasteiger partial charge in [0.15, 0.2) is 0 Å². The molecule has 92 valence electrons. The number of nitrogens with two attached hydrogens (primary N) is 1. The number of hydrogen-bond donors (Lipinski definition) is 1. The first kappa shape index (κ1) is 12.4. The Morgan fingerprint density at radius 1 is 1.29 bits per heavy atom. The second kappa shape index (κ2) is 5.06. The Morgan fingerprint density at radius 2 is 1.94 bits per heavy atom. The molecule has 1 aliphatic rings. The van der Waals surface area contributed by atoms with Gasteiger partial charge in [-0.3, -0.25) is 4.79 Å². The molecule has 17 heavy (non-hydrogen) atoms. The number of hydrogen-bond acceptors (Lipinski definition) is 3. The van der Waals surface area contributed by atoms with Crippen LogP contribution in [0.5, 0.6) is 0 Å². The summed E-state index contributed by atoms with van der Waals surface area (Å²) in [6.45, 7) is 3.38. The summed E-state index contributed by atoms with van der Waals surface area (Å²) in [4.78, 5) is 16.3. The van der Waals surface area contributed by atoms with Gasteiger partial charge in [0.2, 0.25) is 0 Å². The largest absolute Gasteiger partial charge is 0.398 e. The van der Waals surface area contributed by atoms with Crippen LogP contribution in [-0.4, -0.2) is 48.9 Å². The highest BCUT2D eigenvalue weighted by Crippen LogP contribution is 2.20. The predicted octanol–water partition coefficient (Wildman–Crippen LogP) is 1.42. The van der Waals surface area contributed by atoms with E-state index in [0.717, 1.165) is 30.7 Å².